The normalized spacial score (nSPS) is 13.7. The van der Waals surface area contributed by atoms with Gasteiger partial charge in [0.1, 0.15) is 5.75 Å². The Kier molecular flexibility index (Phi) is 5.76. The third-order valence-corrected chi connectivity index (χ3v) is 2.88. The van der Waals surface area contributed by atoms with Gasteiger partial charge in [0, 0.05) is 6.04 Å². The molecule has 1 aromatic rings. The zero-order valence-corrected chi connectivity index (χ0v) is 12.3. The Morgan fingerprint density at radius 3 is 2.64 bits per heavy atom. The molecule has 22 heavy (non-hydrogen) atoms. The molecule has 1 amide bonds. The molecule has 0 atom stereocenters. The number of rotatable bonds is 8. The van der Waals surface area contributed by atoms with Crippen LogP contribution in [-0.4, -0.2) is 44.5 Å². The predicted octanol–water partition coefficient (Wildman–Crippen LogP) is 0.867. The van der Waals surface area contributed by atoms with Crippen LogP contribution < -0.4 is 10.1 Å². The summed E-state index contributed by atoms with van der Waals surface area (Å²) in [7, 11) is 1.59. The summed E-state index contributed by atoms with van der Waals surface area (Å²) < 4.78 is 9.78. The molecule has 1 aliphatic carbocycles. The van der Waals surface area contributed by atoms with E-state index in [1.54, 1.807) is 31.4 Å². The lowest BCUT2D eigenvalue weighted by atomic mass is 10.2. The largest absolute Gasteiger partial charge is 0.497 e. The molecule has 0 aromatic heterocycles. The van der Waals surface area contributed by atoms with Gasteiger partial charge in [-0.15, -0.1) is 0 Å². The molecule has 7 nitrogen and oxygen atoms in total. The van der Waals surface area contributed by atoms with E-state index in [1.165, 1.54) is 6.21 Å². The Hall–Kier alpha value is -2.57. The van der Waals surface area contributed by atoms with E-state index in [-0.39, 0.29) is 25.2 Å². The maximum atomic E-state index is 11.3. The summed E-state index contributed by atoms with van der Waals surface area (Å²) >= 11 is 0. The summed E-state index contributed by atoms with van der Waals surface area (Å²) in [6.07, 6.45) is 3.44. The van der Waals surface area contributed by atoms with E-state index in [9.17, 15) is 9.59 Å². The molecule has 0 unspecified atom stereocenters. The molecule has 1 aromatic carbocycles. The Balaban J connectivity index is 1.60. The number of ether oxygens (including phenoxy) is 2. The highest BCUT2D eigenvalue weighted by Gasteiger charge is 2.23. The monoisotopic (exact) mass is 306 g/mol. The predicted molar refractivity (Wildman–Crippen MR) is 78.7 cm³/mol. The third kappa shape index (κ3) is 5.82. The van der Waals surface area contributed by atoms with Crippen molar-refractivity contribution in [2.45, 2.75) is 18.9 Å². The number of nitrogens with zero attached hydrogens (tertiary/aromatic N) is 1. The van der Waals surface area contributed by atoms with Crippen molar-refractivity contribution in [1.29, 1.82) is 0 Å². The molecule has 118 valence electrons. The highest BCUT2D eigenvalue weighted by atomic mass is 16.7. The van der Waals surface area contributed by atoms with Gasteiger partial charge < -0.3 is 19.6 Å². The highest BCUT2D eigenvalue weighted by molar-refractivity contribution is 5.81. The summed E-state index contributed by atoms with van der Waals surface area (Å²) in [4.78, 5) is 27.4. The van der Waals surface area contributed by atoms with Crippen LogP contribution in [0.25, 0.3) is 0 Å². The third-order valence-electron chi connectivity index (χ3n) is 2.88. The topological polar surface area (TPSA) is 86.2 Å². The summed E-state index contributed by atoms with van der Waals surface area (Å²) in [6.45, 7) is -0.635. The van der Waals surface area contributed by atoms with Crippen LogP contribution >= 0.6 is 0 Å². The van der Waals surface area contributed by atoms with E-state index in [0.29, 0.717) is 0 Å². The maximum Gasteiger partial charge on any atom is 0.347 e. The minimum absolute atomic E-state index is 0.247. The lowest BCUT2D eigenvalue weighted by molar-refractivity contribution is -0.152. The van der Waals surface area contributed by atoms with E-state index in [2.05, 4.69) is 10.5 Å². The average Bonchev–Trinajstić information content (AvgIpc) is 3.34. The fourth-order valence-electron chi connectivity index (χ4n) is 1.56. The molecule has 0 spiro atoms. The van der Waals surface area contributed by atoms with E-state index in [1.807, 2.05) is 0 Å². The Morgan fingerprint density at radius 2 is 2.00 bits per heavy atom. The number of benzene rings is 1. The van der Waals surface area contributed by atoms with Crippen LogP contribution in [0.4, 0.5) is 0 Å². The lowest BCUT2D eigenvalue weighted by Crippen LogP contribution is -2.30. The van der Waals surface area contributed by atoms with Crippen molar-refractivity contribution in [3.63, 3.8) is 0 Å². The van der Waals surface area contributed by atoms with E-state index >= 15 is 0 Å². The average molecular weight is 306 g/mol. The van der Waals surface area contributed by atoms with Gasteiger partial charge in [0.25, 0.3) is 5.91 Å². The summed E-state index contributed by atoms with van der Waals surface area (Å²) in [5.41, 5.74) is 0.804. The van der Waals surface area contributed by atoms with Gasteiger partial charge >= 0.3 is 5.97 Å². The van der Waals surface area contributed by atoms with Gasteiger partial charge in [0.05, 0.1) is 13.3 Å². The Labute approximate surface area is 128 Å². The van der Waals surface area contributed by atoms with Crippen molar-refractivity contribution >= 4 is 18.1 Å². The summed E-state index contributed by atoms with van der Waals surface area (Å²) in [5, 5.41) is 6.37. The second-order valence-corrected chi connectivity index (χ2v) is 4.78. The quantitative estimate of drug-likeness (QED) is 0.437. The van der Waals surface area contributed by atoms with Crippen LogP contribution in [0.2, 0.25) is 0 Å². The number of amides is 1. The number of hydrogen-bond acceptors (Lipinski definition) is 6. The second kappa shape index (κ2) is 8.02. The smallest absolute Gasteiger partial charge is 0.347 e. The number of oxime groups is 1. The number of methoxy groups -OCH3 is 1. The van der Waals surface area contributed by atoms with Crippen LogP contribution in [0.3, 0.4) is 0 Å². The van der Waals surface area contributed by atoms with Crippen LogP contribution in [0, 0.1) is 0 Å². The van der Waals surface area contributed by atoms with Crippen LogP contribution in [0.15, 0.2) is 29.4 Å². The Bertz CT molecular complexity index is 537. The molecular formula is C15H18N2O5. The number of hydrogen-bond donors (Lipinski definition) is 1. The molecular weight excluding hydrogens is 288 g/mol. The molecule has 7 heteroatoms. The molecule has 2 rings (SSSR count). The molecule has 0 heterocycles. The fraction of sp³-hybridized carbons (Fsp3) is 0.400. The number of carbonyl (C=O) groups is 2. The molecule has 0 bridgehead atoms. The minimum atomic E-state index is -0.641. The van der Waals surface area contributed by atoms with E-state index in [0.717, 1.165) is 24.2 Å². The van der Waals surface area contributed by atoms with Gasteiger partial charge in [-0.3, -0.25) is 4.79 Å². The van der Waals surface area contributed by atoms with Crippen LogP contribution in [-0.2, 0) is 19.2 Å². The van der Waals surface area contributed by atoms with Gasteiger partial charge in [-0.1, -0.05) is 5.16 Å². The van der Waals surface area contributed by atoms with Crippen LogP contribution in [0.1, 0.15) is 18.4 Å². The maximum absolute atomic E-state index is 11.3. The number of esters is 1. The van der Waals surface area contributed by atoms with Gasteiger partial charge in [0.15, 0.2) is 6.61 Å². The van der Waals surface area contributed by atoms with Gasteiger partial charge in [0.2, 0.25) is 6.61 Å². The highest BCUT2D eigenvalue weighted by Crippen LogP contribution is 2.18. The molecule has 0 aliphatic heterocycles. The van der Waals surface area contributed by atoms with Gasteiger partial charge in [-0.25, -0.2) is 4.79 Å². The molecule has 1 N–H and O–H groups in total. The van der Waals surface area contributed by atoms with Crippen LogP contribution in [0.5, 0.6) is 5.75 Å². The Morgan fingerprint density at radius 1 is 1.27 bits per heavy atom. The first-order chi connectivity index (χ1) is 10.7. The fourth-order valence-corrected chi connectivity index (χ4v) is 1.56. The zero-order valence-electron chi connectivity index (χ0n) is 12.3. The van der Waals surface area contributed by atoms with E-state index in [4.69, 9.17) is 14.3 Å². The van der Waals surface area contributed by atoms with Crippen molar-refractivity contribution in [1.82, 2.24) is 5.32 Å². The van der Waals surface area contributed by atoms with Crippen molar-refractivity contribution in [2.24, 2.45) is 5.16 Å². The first-order valence-electron chi connectivity index (χ1n) is 6.92. The zero-order chi connectivity index (χ0) is 15.8. The first-order valence-corrected chi connectivity index (χ1v) is 6.92. The molecule has 0 radical (unpaired) electrons. The minimum Gasteiger partial charge on any atom is -0.497 e. The lowest BCUT2D eigenvalue weighted by Gasteiger charge is -2.04. The number of nitrogens with one attached hydrogen (secondary N) is 1. The summed E-state index contributed by atoms with van der Waals surface area (Å²) in [5.74, 6) is -0.193. The second-order valence-electron chi connectivity index (χ2n) is 4.78. The first kappa shape index (κ1) is 15.8. The molecule has 1 fully saturated rings. The SMILES string of the molecule is COc1ccc(/C=N\OCC(=O)OCC(=O)NC2CC2)cc1. The van der Waals surface area contributed by atoms with Crippen molar-refractivity contribution in [3.05, 3.63) is 29.8 Å². The van der Waals surface area contributed by atoms with E-state index < -0.39 is 5.97 Å². The molecule has 0 saturated heterocycles. The van der Waals surface area contributed by atoms with Crippen molar-refractivity contribution in [3.8, 4) is 5.75 Å². The van der Waals surface area contributed by atoms with Gasteiger partial charge in [-0.2, -0.15) is 0 Å². The number of carbonyl (C=O) groups excluding carboxylic acids is 2. The van der Waals surface area contributed by atoms with Crippen molar-refractivity contribution in [2.75, 3.05) is 20.3 Å². The van der Waals surface area contributed by atoms with Crippen molar-refractivity contribution < 1.29 is 23.9 Å². The molecule has 1 saturated carbocycles. The standard InChI is InChI=1S/C15H18N2O5/c1-20-13-6-2-11(3-7-13)8-16-22-10-15(19)21-9-14(18)17-12-4-5-12/h2-3,6-8,12H,4-5,9-10H2,1H3,(H,17,18)/b16-8-. The van der Waals surface area contributed by atoms with Gasteiger partial charge in [-0.05, 0) is 42.7 Å². The summed E-state index contributed by atoms with van der Waals surface area (Å²) in [6, 6.07) is 7.41. The molecule has 1 aliphatic rings.